The molecule has 0 saturated heterocycles. The highest BCUT2D eigenvalue weighted by atomic mass is 16.4. The summed E-state index contributed by atoms with van der Waals surface area (Å²) in [6.07, 6.45) is 12.8. The minimum atomic E-state index is -0.761. The molecule has 2 heteroatoms. The average Bonchev–Trinajstić information content (AvgIpc) is 2.58. The van der Waals surface area contributed by atoms with Crippen molar-refractivity contribution in [1.29, 1.82) is 0 Å². The number of hydrogen-bond acceptors (Lipinski definition) is 1. The van der Waals surface area contributed by atoms with Crippen LogP contribution in [0, 0.1) is 0 Å². The first-order chi connectivity index (χ1) is 11.2. The lowest BCUT2D eigenvalue weighted by atomic mass is 10.1. The Labute approximate surface area is 137 Å². The molecule has 0 atom stereocenters. The number of hydrogen-bond donors (Lipinski definition) is 1. The minimum Gasteiger partial charge on any atom is -0.481 e. The van der Waals surface area contributed by atoms with Crippen molar-refractivity contribution >= 4 is 18.1 Å². The highest BCUT2D eigenvalue weighted by Gasteiger charge is 1.98. The normalized spacial score (nSPS) is 11.7. The second-order valence-corrected chi connectivity index (χ2v) is 5.15. The van der Waals surface area contributed by atoms with Crippen molar-refractivity contribution in [2.45, 2.75) is 12.8 Å². The molecule has 0 fully saturated rings. The molecule has 0 spiro atoms. The number of carboxylic acids is 1. The van der Waals surface area contributed by atoms with Crippen LogP contribution in [0.3, 0.4) is 0 Å². The fourth-order valence-corrected chi connectivity index (χ4v) is 2.07. The van der Waals surface area contributed by atoms with Crippen LogP contribution in [0.15, 0.2) is 78.9 Å². The van der Waals surface area contributed by atoms with E-state index in [1.54, 1.807) is 0 Å². The summed E-state index contributed by atoms with van der Waals surface area (Å²) < 4.78 is 0. The SMILES string of the molecule is O=C(O)CCc1ccc(/C=C/C=C/C=C/c2ccccc2)cc1. The zero-order valence-corrected chi connectivity index (χ0v) is 12.9. The number of rotatable bonds is 7. The zero-order chi connectivity index (χ0) is 16.3. The predicted molar refractivity (Wildman–Crippen MR) is 96.0 cm³/mol. The summed E-state index contributed by atoms with van der Waals surface area (Å²) in [5, 5.41) is 8.66. The smallest absolute Gasteiger partial charge is 0.303 e. The van der Waals surface area contributed by atoms with E-state index in [-0.39, 0.29) is 6.42 Å². The number of allylic oxidation sites excluding steroid dienone is 4. The summed E-state index contributed by atoms with van der Waals surface area (Å²) >= 11 is 0. The highest BCUT2D eigenvalue weighted by molar-refractivity contribution is 5.67. The first-order valence-corrected chi connectivity index (χ1v) is 7.61. The Bertz CT molecular complexity index is 692. The molecule has 1 N–H and O–H groups in total. The molecule has 0 aliphatic heterocycles. The Morgan fingerprint density at radius 2 is 1.35 bits per heavy atom. The van der Waals surface area contributed by atoms with Gasteiger partial charge in [-0.2, -0.15) is 0 Å². The minimum absolute atomic E-state index is 0.172. The predicted octanol–water partition coefficient (Wildman–Crippen LogP) is 4.99. The molecule has 2 aromatic rings. The number of aryl methyl sites for hydroxylation is 1. The summed E-state index contributed by atoms with van der Waals surface area (Å²) in [4.78, 5) is 10.5. The van der Waals surface area contributed by atoms with E-state index in [4.69, 9.17) is 5.11 Å². The van der Waals surface area contributed by atoms with E-state index in [2.05, 4.69) is 18.2 Å². The lowest BCUT2D eigenvalue weighted by Gasteiger charge is -1.99. The number of carboxylic acid groups (broad SMARTS) is 1. The van der Waals surface area contributed by atoms with Gasteiger partial charge in [0.25, 0.3) is 0 Å². The van der Waals surface area contributed by atoms with Crippen LogP contribution in [0.1, 0.15) is 23.1 Å². The number of carbonyl (C=O) groups is 1. The van der Waals surface area contributed by atoms with Crippen molar-refractivity contribution in [1.82, 2.24) is 0 Å². The van der Waals surface area contributed by atoms with E-state index in [1.807, 2.05) is 72.8 Å². The van der Waals surface area contributed by atoms with Crippen LogP contribution in [-0.4, -0.2) is 11.1 Å². The summed E-state index contributed by atoms with van der Waals surface area (Å²) in [5.74, 6) is -0.761. The lowest BCUT2D eigenvalue weighted by Crippen LogP contribution is -1.97. The maximum absolute atomic E-state index is 10.5. The Hall–Kier alpha value is -2.87. The van der Waals surface area contributed by atoms with Gasteiger partial charge in [0.1, 0.15) is 0 Å². The average molecular weight is 304 g/mol. The molecule has 23 heavy (non-hydrogen) atoms. The topological polar surface area (TPSA) is 37.3 Å². The van der Waals surface area contributed by atoms with Crippen molar-refractivity contribution in [2.75, 3.05) is 0 Å². The molecule has 0 unspecified atom stereocenters. The third-order valence-electron chi connectivity index (χ3n) is 3.32. The van der Waals surface area contributed by atoms with Crippen LogP contribution >= 0.6 is 0 Å². The molecule has 2 nitrogen and oxygen atoms in total. The van der Waals surface area contributed by atoms with Crippen molar-refractivity contribution in [3.8, 4) is 0 Å². The third-order valence-corrected chi connectivity index (χ3v) is 3.32. The standard InChI is InChI=1S/C21H20O2/c22-21(23)17-16-20-14-12-19(13-15-20)11-5-2-1-4-8-18-9-6-3-7-10-18/h1-15H,16-17H2,(H,22,23)/b2-1+,8-4+,11-5+. The molecule has 116 valence electrons. The zero-order valence-electron chi connectivity index (χ0n) is 12.9. The molecule has 0 heterocycles. The highest BCUT2D eigenvalue weighted by Crippen LogP contribution is 2.08. The van der Waals surface area contributed by atoms with Gasteiger partial charge in [-0.1, -0.05) is 91.1 Å². The maximum atomic E-state index is 10.5. The van der Waals surface area contributed by atoms with Crippen molar-refractivity contribution in [3.63, 3.8) is 0 Å². The third kappa shape index (κ3) is 6.62. The van der Waals surface area contributed by atoms with Crippen LogP contribution in [0.25, 0.3) is 12.2 Å². The molecule has 2 rings (SSSR count). The molecular formula is C21H20O2. The van der Waals surface area contributed by atoms with Crippen LogP contribution in [-0.2, 0) is 11.2 Å². The Balaban J connectivity index is 1.82. The molecule has 0 aromatic heterocycles. The molecule has 0 radical (unpaired) electrons. The van der Waals surface area contributed by atoms with Gasteiger partial charge in [0, 0.05) is 6.42 Å². The molecule has 2 aromatic carbocycles. The van der Waals surface area contributed by atoms with Crippen LogP contribution < -0.4 is 0 Å². The molecule has 0 bridgehead atoms. The van der Waals surface area contributed by atoms with Gasteiger partial charge < -0.3 is 5.11 Å². The van der Waals surface area contributed by atoms with Crippen molar-refractivity contribution in [3.05, 3.63) is 95.6 Å². The van der Waals surface area contributed by atoms with Crippen LogP contribution in [0.5, 0.6) is 0 Å². The second kappa shape index (κ2) is 9.21. The Morgan fingerprint density at radius 3 is 1.91 bits per heavy atom. The lowest BCUT2D eigenvalue weighted by molar-refractivity contribution is -0.136. The van der Waals surface area contributed by atoms with Crippen molar-refractivity contribution < 1.29 is 9.90 Å². The molecule has 0 amide bonds. The number of benzene rings is 2. The van der Waals surface area contributed by atoms with Gasteiger partial charge in [-0.3, -0.25) is 4.79 Å². The molecule has 0 aliphatic carbocycles. The molecule has 0 aliphatic rings. The van der Waals surface area contributed by atoms with E-state index < -0.39 is 5.97 Å². The summed E-state index contributed by atoms with van der Waals surface area (Å²) in [7, 11) is 0. The largest absolute Gasteiger partial charge is 0.481 e. The van der Waals surface area contributed by atoms with Gasteiger partial charge in [0.2, 0.25) is 0 Å². The summed E-state index contributed by atoms with van der Waals surface area (Å²) in [6.45, 7) is 0. The monoisotopic (exact) mass is 304 g/mol. The van der Waals surface area contributed by atoms with Gasteiger partial charge in [-0.05, 0) is 23.1 Å². The van der Waals surface area contributed by atoms with Crippen molar-refractivity contribution in [2.24, 2.45) is 0 Å². The maximum Gasteiger partial charge on any atom is 0.303 e. The second-order valence-electron chi connectivity index (χ2n) is 5.15. The van der Waals surface area contributed by atoms with E-state index in [0.29, 0.717) is 6.42 Å². The Morgan fingerprint density at radius 1 is 0.783 bits per heavy atom. The van der Waals surface area contributed by atoms with Crippen LogP contribution in [0.2, 0.25) is 0 Å². The van der Waals surface area contributed by atoms with Gasteiger partial charge >= 0.3 is 5.97 Å². The van der Waals surface area contributed by atoms with E-state index >= 15 is 0 Å². The first kappa shape index (κ1) is 16.5. The fraction of sp³-hybridized carbons (Fsp3) is 0.0952. The van der Waals surface area contributed by atoms with Gasteiger partial charge in [0.15, 0.2) is 0 Å². The van der Waals surface area contributed by atoms with E-state index in [1.165, 1.54) is 5.56 Å². The molecular weight excluding hydrogens is 284 g/mol. The number of aliphatic carboxylic acids is 1. The van der Waals surface area contributed by atoms with E-state index in [0.717, 1.165) is 11.1 Å². The van der Waals surface area contributed by atoms with E-state index in [9.17, 15) is 4.79 Å². The fourth-order valence-electron chi connectivity index (χ4n) is 2.07. The first-order valence-electron chi connectivity index (χ1n) is 7.61. The van der Waals surface area contributed by atoms with Gasteiger partial charge in [0.05, 0.1) is 0 Å². The quantitative estimate of drug-likeness (QED) is 0.732. The summed E-state index contributed by atoms with van der Waals surface area (Å²) in [5.41, 5.74) is 3.32. The van der Waals surface area contributed by atoms with Gasteiger partial charge in [-0.15, -0.1) is 0 Å². The molecule has 0 saturated carbocycles. The van der Waals surface area contributed by atoms with Crippen LogP contribution in [0.4, 0.5) is 0 Å². The summed E-state index contributed by atoms with van der Waals surface area (Å²) in [6, 6.07) is 18.1. The van der Waals surface area contributed by atoms with Gasteiger partial charge in [-0.25, -0.2) is 0 Å². The Kier molecular flexibility index (Phi) is 6.61.